The highest BCUT2D eigenvalue weighted by molar-refractivity contribution is 6.38. The molecule has 0 aromatic rings. The van der Waals surface area contributed by atoms with E-state index in [9.17, 15) is 46.7 Å². The molecule has 8 atom stereocenters. The molecule has 3 fully saturated rings. The van der Waals surface area contributed by atoms with Crippen LogP contribution in [0.1, 0.15) is 85.0 Å². The molecule has 0 radical (unpaired) electrons. The number of urea groups is 1. The first-order valence-corrected chi connectivity index (χ1v) is 20.5. The SMILES string of the molecule is CC(C)NC(=O)NC(C(=O)N1C[C@@H]2OC(C)(CN)C[C@@H]2C1C(=O)NC(CCC(F)(F)F)C(=O)C(=O)NCC(=O)NC(C(=O)N(C)C)C1C=CC=CCC1)C1CCCCC1. The highest BCUT2D eigenvalue weighted by Gasteiger charge is 2.57. The van der Waals surface area contributed by atoms with Crippen molar-refractivity contribution in [2.24, 2.45) is 23.5 Å². The van der Waals surface area contributed by atoms with Gasteiger partial charge >= 0.3 is 12.2 Å². The Labute approximate surface area is 343 Å². The Bertz CT molecular complexity index is 1620. The smallest absolute Gasteiger partial charge is 0.368 e. The molecule has 4 rings (SSSR count). The summed E-state index contributed by atoms with van der Waals surface area (Å²) in [6.07, 6.45) is 4.51. The Morgan fingerprint density at radius 2 is 1.64 bits per heavy atom. The molecule has 16 nitrogen and oxygen atoms in total. The number of likely N-dealkylation sites (tertiary alicyclic amines) is 1. The van der Waals surface area contributed by atoms with Gasteiger partial charge in [0.25, 0.3) is 5.91 Å². The van der Waals surface area contributed by atoms with E-state index < -0.39 is 109 Å². The van der Waals surface area contributed by atoms with Crippen LogP contribution >= 0.6 is 0 Å². The third-order valence-corrected chi connectivity index (χ3v) is 11.5. The van der Waals surface area contributed by atoms with Crippen molar-refractivity contribution in [3.05, 3.63) is 24.3 Å². The summed E-state index contributed by atoms with van der Waals surface area (Å²) in [6, 6.07) is -6.20. The lowest BCUT2D eigenvalue weighted by Crippen LogP contribution is -2.60. The number of rotatable bonds is 16. The fourth-order valence-electron chi connectivity index (χ4n) is 8.46. The van der Waals surface area contributed by atoms with E-state index in [1.165, 1.54) is 23.9 Å². The van der Waals surface area contributed by atoms with Crippen LogP contribution in [0.15, 0.2) is 24.3 Å². The second-order valence-corrected chi connectivity index (χ2v) is 16.9. The lowest BCUT2D eigenvalue weighted by molar-refractivity contribution is -0.148. The normalized spacial score (nSPS) is 25.9. The monoisotopic (exact) mass is 838 g/mol. The van der Waals surface area contributed by atoms with Gasteiger partial charge in [-0.25, -0.2) is 4.79 Å². The van der Waals surface area contributed by atoms with Gasteiger partial charge in [-0.15, -0.1) is 0 Å². The number of carbonyl (C=O) groups is 7. The molecule has 2 aliphatic heterocycles. The van der Waals surface area contributed by atoms with Crippen molar-refractivity contribution in [3.63, 3.8) is 0 Å². The molecule has 6 unspecified atom stereocenters. The summed E-state index contributed by atoms with van der Waals surface area (Å²) in [5, 5.41) is 12.6. The van der Waals surface area contributed by atoms with Gasteiger partial charge in [0.2, 0.25) is 29.4 Å². The number of ether oxygens (including phenoxy) is 1. The number of allylic oxidation sites excluding steroid dienone is 3. The number of nitrogens with two attached hydrogens (primary N) is 1. The minimum Gasteiger partial charge on any atom is -0.368 e. The molecule has 7 N–H and O–H groups in total. The first-order chi connectivity index (χ1) is 27.7. The van der Waals surface area contributed by atoms with Crippen molar-refractivity contribution < 1.29 is 51.5 Å². The first-order valence-electron chi connectivity index (χ1n) is 20.5. The van der Waals surface area contributed by atoms with Gasteiger partial charge in [0.05, 0.1) is 24.3 Å². The number of ketones is 1. The van der Waals surface area contributed by atoms with Crippen molar-refractivity contribution >= 4 is 41.4 Å². The number of alkyl halides is 3. The van der Waals surface area contributed by atoms with Crippen LogP contribution in [-0.2, 0) is 33.5 Å². The average molecular weight is 839 g/mol. The van der Waals surface area contributed by atoms with E-state index in [1.807, 2.05) is 12.2 Å². The van der Waals surface area contributed by atoms with Crippen LogP contribution in [0.5, 0.6) is 0 Å². The molecular weight excluding hydrogens is 777 g/mol. The number of nitrogens with one attached hydrogen (secondary N) is 5. The van der Waals surface area contributed by atoms with Crippen molar-refractivity contribution in [1.82, 2.24) is 36.4 Å². The summed E-state index contributed by atoms with van der Waals surface area (Å²) in [6.45, 7) is 4.46. The zero-order valence-corrected chi connectivity index (χ0v) is 34.6. The maximum absolute atomic E-state index is 14.5. The molecule has 2 aliphatic carbocycles. The first kappa shape index (κ1) is 47.2. The van der Waals surface area contributed by atoms with Crippen LogP contribution in [0.4, 0.5) is 18.0 Å². The molecule has 1 saturated carbocycles. The molecule has 2 heterocycles. The second kappa shape index (κ2) is 20.6. The zero-order valence-electron chi connectivity index (χ0n) is 34.6. The zero-order chi connectivity index (χ0) is 43.7. The Balaban J connectivity index is 1.55. The predicted molar refractivity (Wildman–Crippen MR) is 210 cm³/mol. The number of hydrogen-bond acceptors (Lipinski definition) is 9. The molecule has 330 valence electrons. The molecule has 59 heavy (non-hydrogen) atoms. The van der Waals surface area contributed by atoms with E-state index in [4.69, 9.17) is 10.5 Å². The van der Waals surface area contributed by atoms with Crippen molar-refractivity contribution in [1.29, 1.82) is 0 Å². The number of Topliss-reactive ketones (excluding diaryl/α,β-unsaturated/α-hetero) is 1. The number of hydrogen-bond donors (Lipinski definition) is 6. The highest BCUT2D eigenvalue weighted by atomic mass is 19.4. The molecular formula is C40H61F3N8O8. The minimum absolute atomic E-state index is 0.0724. The van der Waals surface area contributed by atoms with Gasteiger partial charge in [0.15, 0.2) is 0 Å². The van der Waals surface area contributed by atoms with E-state index in [0.717, 1.165) is 19.3 Å². The molecule has 0 aromatic carbocycles. The van der Waals surface area contributed by atoms with Crippen LogP contribution in [0.2, 0.25) is 0 Å². The van der Waals surface area contributed by atoms with Crippen LogP contribution in [0.3, 0.4) is 0 Å². The van der Waals surface area contributed by atoms with E-state index in [2.05, 4.69) is 26.6 Å². The topological polar surface area (TPSA) is 221 Å². The molecule has 0 spiro atoms. The Kier molecular flexibility index (Phi) is 16.5. The third-order valence-electron chi connectivity index (χ3n) is 11.5. The maximum atomic E-state index is 14.5. The van der Waals surface area contributed by atoms with Crippen LogP contribution in [0, 0.1) is 17.8 Å². The molecule has 0 aromatic heterocycles. The summed E-state index contributed by atoms with van der Waals surface area (Å²) in [5.41, 5.74) is 5.12. The number of likely N-dealkylation sites (N-methyl/N-ethyl adjacent to an activating group) is 1. The number of nitrogens with zero attached hydrogens (tertiary/aromatic N) is 2. The summed E-state index contributed by atoms with van der Waals surface area (Å²) in [5.74, 6) is -6.99. The largest absolute Gasteiger partial charge is 0.389 e. The summed E-state index contributed by atoms with van der Waals surface area (Å²) < 4.78 is 47.0. The van der Waals surface area contributed by atoms with Crippen LogP contribution in [0.25, 0.3) is 0 Å². The van der Waals surface area contributed by atoms with Crippen LogP contribution in [-0.4, -0.2) is 133 Å². The van der Waals surface area contributed by atoms with Gasteiger partial charge in [-0.1, -0.05) is 43.6 Å². The van der Waals surface area contributed by atoms with E-state index in [-0.39, 0.29) is 37.4 Å². The van der Waals surface area contributed by atoms with Gasteiger partial charge in [-0.2, -0.15) is 13.2 Å². The molecule has 4 aliphatic rings. The van der Waals surface area contributed by atoms with Gasteiger partial charge in [0.1, 0.15) is 18.1 Å². The predicted octanol–water partition coefficient (Wildman–Crippen LogP) is 1.58. The van der Waals surface area contributed by atoms with Gasteiger partial charge in [-0.3, -0.25) is 28.8 Å². The Hall–Kier alpha value is -4.52. The standard InChI is InChI=1S/C40H61F3N8O8/c1-23(2)46-38(58)49-31(25-15-11-8-12-16-25)37(57)51-21-28-26(19-39(3,22-44)59-28)32(51)34(54)47-27(17-18-40(41,42)43)33(53)35(55)45-20-29(52)48-30(36(56)50(4)5)24-13-9-6-7-10-14-24/h6-7,9,13,23-28,30-32H,8,10-12,14-22,44H2,1-5H3,(H,45,55)(H,47,54)(H,48,52)(H2,46,49,58)/t24?,26-,27?,28-,30?,31?,32?,39?/m0/s1. The van der Waals surface area contributed by atoms with Crippen molar-refractivity contribution in [2.75, 3.05) is 33.7 Å². The number of halogens is 3. The quantitative estimate of drug-likeness (QED) is 0.124. The van der Waals surface area contributed by atoms with E-state index in [1.54, 1.807) is 32.9 Å². The lowest BCUT2D eigenvalue weighted by Gasteiger charge is -2.36. The van der Waals surface area contributed by atoms with E-state index >= 15 is 0 Å². The minimum atomic E-state index is -4.77. The number of amides is 7. The second-order valence-electron chi connectivity index (χ2n) is 16.9. The van der Waals surface area contributed by atoms with Crippen LogP contribution < -0.4 is 32.3 Å². The van der Waals surface area contributed by atoms with Crippen molar-refractivity contribution in [2.45, 2.75) is 133 Å². The summed E-state index contributed by atoms with van der Waals surface area (Å²) in [4.78, 5) is 97.2. The summed E-state index contributed by atoms with van der Waals surface area (Å²) >= 11 is 0. The molecule has 2 saturated heterocycles. The fourth-order valence-corrected chi connectivity index (χ4v) is 8.46. The van der Waals surface area contributed by atoms with Gasteiger partial charge in [-0.05, 0) is 65.2 Å². The molecule has 19 heteroatoms. The number of carbonyl (C=O) groups excluding carboxylic acids is 7. The Morgan fingerprint density at radius 3 is 2.27 bits per heavy atom. The fraction of sp³-hybridized carbons (Fsp3) is 0.725. The van der Waals surface area contributed by atoms with Crippen molar-refractivity contribution in [3.8, 4) is 0 Å². The third kappa shape index (κ3) is 13.0. The van der Waals surface area contributed by atoms with Gasteiger partial charge < -0.3 is 46.9 Å². The van der Waals surface area contributed by atoms with E-state index in [0.29, 0.717) is 25.7 Å². The molecule has 0 bridgehead atoms. The Morgan fingerprint density at radius 1 is 0.949 bits per heavy atom. The summed E-state index contributed by atoms with van der Waals surface area (Å²) in [7, 11) is 3.04. The number of fused-ring (bicyclic) bond motifs is 1. The lowest BCUT2D eigenvalue weighted by atomic mass is 9.83. The average Bonchev–Trinajstić information content (AvgIpc) is 3.54. The maximum Gasteiger partial charge on any atom is 0.389 e. The van der Waals surface area contributed by atoms with Gasteiger partial charge in [0, 0.05) is 51.5 Å². The highest BCUT2D eigenvalue weighted by Crippen LogP contribution is 2.43. The molecule has 7 amide bonds.